The van der Waals surface area contributed by atoms with Gasteiger partial charge in [0.25, 0.3) is 0 Å². The smallest absolute Gasteiger partial charge is 0.249 e. The van der Waals surface area contributed by atoms with Crippen LogP contribution in [0.1, 0.15) is 33.6 Å². The number of halogens is 2. The molecule has 0 aliphatic rings. The van der Waals surface area contributed by atoms with Crippen LogP contribution in [0, 0.1) is 18.6 Å². The molecule has 0 saturated heterocycles. The van der Waals surface area contributed by atoms with Gasteiger partial charge in [-0.15, -0.1) is 0 Å². The number of rotatable bonds is 6. The standard InChI is InChI=1S/C17H18F2N4O2/c1-9-12(11(17(21)25)7-15(20)23-9)8-22-16(24)5-3-10-2-4-13(18)14(19)6-10/h2,4,6-7H,3,5,8H2,1H3,(H2,20,23)(H2,21,25)(H,22,24). The van der Waals surface area contributed by atoms with E-state index in [1.807, 2.05) is 0 Å². The maximum atomic E-state index is 13.1. The molecule has 0 aliphatic heterocycles. The number of nitrogens with two attached hydrogens (primary N) is 2. The summed E-state index contributed by atoms with van der Waals surface area (Å²) < 4.78 is 26.0. The van der Waals surface area contributed by atoms with Crippen molar-refractivity contribution in [2.45, 2.75) is 26.3 Å². The average molecular weight is 348 g/mol. The Morgan fingerprint density at radius 1 is 1.20 bits per heavy atom. The highest BCUT2D eigenvalue weighted by Crippen LogP contribution is 2.15. The zero-order valence-corrected chi connectivity index (χ0v) is 13.6. The number of anilines is 1. The van der Waals surface area contributed by atoms with Crippen LogP contribution in [0.2, 0.25) is 0 Å². The molecule has 0 aliphatic carbocycles. The van der Waals surface area contributed by atoms with Gasteiger partial charge < -0.3 is 16.8 Å². The van der Waals surface area contributed by atoms with Crippen LogP contribution in [0.25, 0.3) is 0 Å². The number of benzene rings is 1. The molecule has 0 saturated carbocycles. The molecule has 25 heavy (non-hydrogen) atoms. The second-order valence-corrected chi connectivity index (χ2v) is 5.55. The third-order valence-corrected chi connectivity index (χ3v) is 3.70. The van der Waals surface area contributed by atoms with Gasteiger partial charge in [0.15, 0.2) is 11.6 Å². The zero-order valence-electron chi connectivity index (χ0n) is 13.6. The predicted molar refractivity (Wildman–Crippen MR) is 88.4 cm³/mol. The molecule has 1 aromatic carbocycles. The first-order valence-corrected chi connectivity index (χ1v) is 7.54. The maximum Gasteiger partial charge on any atom is 0.249 e. The van der Waals surface area contributed by atoms with E-state index in [1.165, 1.54) is 12.1 Å². The Hall–Kier alpha value is -3.03. The number of carbonyl (C=O) groups excluding carboxylic acids is 2. The number of aromatic nitrogens is 1. The van der Waals surface area contributed by atoms with Crippen molar-refractivity contribution in [2.75, 3.05) is 5.73 Å². The highest BCUT2D eigenvalue weighted by Gasteiger charge is 2.14. The third-order valence-electron chi connectivity index (χ3n) is 3.70. The fraction of sp³-hybridized carbons (Fsp3) is 0.235. The van der Waals surface area contributed by atoms with E-state index in [-0.39, 0.29) is 36.7 Å². The molecule has 5 N–H and O–H groups in total. The Bertz CT molecular complexity index is 825. The number of nitrogens with zero attached hydrogens (tertiary/aromatic N) is 1. The van der Waals surface area contributed by atoms with Crippen molar-refractivity contribution >= 4 is 17.6 Å². The minimum Gasteiger partial charge on any atom is -0.384 e. The van der Waals surface area contributed by atoms with Crippen molar-refractivity contribution < 1.29 is 18.4 Å². The molecule has 0 fully saturated rings. The monoisotopic (exact) mass is 348 g/mol. The highest BCUT2D eigenvalue weighted by atomic mass is 19.2. The Morgan fingerprint density at radius 3 is 2.56 bits per heavy atom. The quantitative estimate of drug-likeness (QED) is 0.736. The molecule has 0 unspecified atom stereocenters. The molecule has 2 rings (SSSR count). The Balaban J connectivity index is 1.98. The van der Waals surface area contributed by atoms with Crippen molar-refractivity contribution in [3.05, 3.63) is 58.3 Å². The minimum atomic E-state index is -0.951. The first kappa shape index (κ1) is 18.3. The van der Waals surface area contributed by atoms with Crippen LogP contribution in [0.4, 0.5) is 14.6 Å². The summed E-state index contributed by atoms with van der Waals surface area (Å²) in [6, 6.07) is 4.86. The molecule has 0 atom stereocenters. The lowest BCUT2D eigenvalue weighted by Crippen LogP contribution is -2.26. The van der Waals surface area contributed by atoms with Gasteiger partial charge in [0.1, 0.15) is 5.82 Å². The Labute approximate surface area is 143 Å². The van der Waals surface area contributed by atoms with E-state index in [9.17, 15) is 18.4 Å². The number of pyridine rings is 1. The molecular weight excluding hydrogens is 330 g/mol. The van der Waals surface area contributed by atoms with E-state index < -0.39 is 17.5 Å². The number of amides is 2. The predicted octanol–water partition coefficient (Wildman–Crippen LogP) is 1.60. The number of aryl methyl sites for hydroxylation is 2. The Morgan fingerprint density at radius 2 is 1.92 bits per heavy atom. The molecular formula is C17H18F2N4O2. The van der Waals surface area contributed by atoms with Crippen LogP contribution in [0.5, 0.6) is 0 Å². The van der Waals surface area contributed by atoms with Gasteiger partial charge in [-0.25, -0.2) is 13.8 Å². The lowest BCUT2D eigenvalue weighted by molar-refractivity contribution is -0.121. The van der Waals surface area contributed by atoms with Crippen LogP contribution >= 0.6 is 0 Å². The van der Waals surface area contributed by atoms with Crippen LogP contribution in [-0.2, 0) is 17.8 Å². The number of primary amides is 1. The number of carbonyl (C=O) groups is 2. The van der Waals surface area contributed by atoms with Crippen molar-refractivity contribution in [3.63, 3.8) is 0 Å². The van der Waals surface area contributed by atoms with Gasteiger partial charge in [-0.05, 0) is 37.1 Å². The van der Waals surface area contributed by atoms with Gasteiger partial charge in [0.2, 0.25) is 11.8 Å². The minimum absolute atomic E-state index is 0.0635. The van der Waals surface area contributed by atoms with Crippen molar-refractivity contribution in [2.24, 2.45) is 5.73 Å². The van der Waals surface area contributed by atoms with Gasteiger partial charge >= 0.3 is 0 Å². The zero-order chi connectivity index (χ0) is 18.6. The fourth-order valence-electron chi connectivity index (χ4n) is 2.39. The topological polar surface area (TPSA) is 111 Å². The molecule has 132 valence electrons. The summed E-state index contributed by atoms with van der Waals surface area (Å²) in [6.07, 6.45) is 0.336. The second kappa shape index (κ2) is 7.69. The van der Waals surface area contributed by atoms with Crippen molar-refractivity contribution in [1.82, 2.24) is 10.3 Å². The van der Waals surface area contributed by atoms with E-state index in [2.05, 4.69) is 10.3 Å². The summed E-state index contributed by atoms with van der Waals surface area (Å²) in [5.74, 6) is -2.69. The lowest BCUT2D eigenvalue weighted by Gasteiger charge is -2.12. The first-order chi connectivity index (χ1) is 11.8. The summed E-state index contributed by atoms with van der Waals surface area (Å²) in [4.78, 5) is 27.5. The van der Waals surface area contributed by atoms with Crippen molar-refractivity contribution in [3.8, 4) is 0 Å². The van der Waals surface area contributed by atoms with Gasteiger partial charge in [0, 0.05) is 29.8 Å². The number of nitrogen functional groups attached to an aromatic ring is 1. The maximum absolute atomic E-state index is 13.1. The van der Waals surface area contributed by atoms with Gasteiger partial charge in [-0.1, -0.05) is 6.07 Å². The lowest BCUT2D eigenvalue weighted by atomic mass is 10.1. The second-order valence-electron chi connectivity index (χ2n) is 5.55. The Kier molecular flexibility index (Phi) is 5.63. The molecule has 2 aromatic rings. The van der Waals surface area contributed by atoms with E-state index in [0.717, 1.165) is 12.1 Å². The average Bonchev–Trinajstić information content (AvgIpc) is 2.54. The van der Waals surface area contributed by atoms with Gasteiger partial charge in [0.05, 0.1) is 0 Å². The normalized spacial score (nSPS) is 10.5. The van der Waals surface area contributed by atoms with Crippen LogP contribution in [0.3, 0.4) is 0 Å². The molecule has 2 amide bonds. The summed E-state index contributed by atoms with van der Waals surface area (Å²) >= 11 is 0. The SMILES string of the molecule is Cc1nc(N)cc(C(N)=O)c1CNC(=O)CCc1ccc(F)c(F)c1. The third kappa shape index (κ3) is 4.72. The fourth-order valence-corrected chi connectivity index (χ4v) is 2.39. The molecule has 0 bridgehead atoms. The summed E-state index contributed by atoms with van der Waals surface area (Å²) in [7, 11) is 0. The number of hydrogen-bond donors (Lipinski definition) is 3. The van der Waals surface area contributed by atoms with Crippen LogP contribution < -0.4 is 16.8 Å². The summed E-state index contributed by atoms with van der Waals surface area (Å²) in [6.45, 7) is 1.72. The van der Waals surface area contributed by atoms with Crippen LogP contribution in [-0.4, -0.2) is 16.8 Å². The summed E-state index contributed by atoms with van der Waals surface area (Å²) in [5, 5.41) is 2.66. The van der Waals surface area contributed by atoms with E-state index in [4.69, 9.17) is 11.5 Å². The van der Waals surface area contributed by atoms with Gasteiger partial charge in [-0.2, -0.15) is 0 Å². The van der Waals surface area contributed by atoms with Crippen molar-refractivity contribution in [1.29, 1.82) is 0 Å². The van der Waals surface area contributed by atoms with E-state index in [0.29, 0.717) is 16.8 Å². The van der Waals surface area contributed by atoms with E-state index in [1.54, 1.807) is 6.92 Å². The molecule has 1 heterocycles. The molecule has 0 radical (unpaired) electrons. The summed E-state index contributed by atoms with van der Waals surface area (Å²) in [5.41, 5.74) is 12.6. The van der Waals surface area contributed by atoms with E-state index >= 15 is 0 Å². The molecule has 6 nitrogen and oxygen atoms in total. The number of nitrogens with one attached hydrogen (secondary N) is 1. The molecule has 0 spiro atoms. The largest absolute Gasteiger partial charge is 0.384 e. The van der Waals surface area contributed by atoms with Crippen LogP contribution in [0.15, 0.2) is 24.3 Å². The molecule has 1 aromatic heterocycles. The highest BCUT2D eigenvalue weighted by molar-refractivity contribution is 5.95. The molecule has 8 heteroatoms. The number of hydrogen-bond acceptors (Lipinski definition) is 4. The van der Waals surface area contributed by atoms with Gasteiger partial charge in [-0.3, -0.25) is 9.59 Å². The first-order valence-electron chi connectivity index (χ1n) is 7.54.